The van der Waals surface area contributed by atoms with E-state index in [1.807, 2.05) is 6.07 Å². The summed E-state index contributed by atoms with van der Waals surface area (Å²) in [5.41, 5.74) is 0.663. The molecule has 1 unspecified atom stereocenters. The molecule has 2 aromatic carbocycles. The van der Waals surface area contributed by atoms with Gasteiger partial charge in [0.25, 0.3) is 0 Å². The maximum atomic E-state index is 12.8. The Labute approximate surface area is 108 Å². The summed E-state index contributed by atoms with van der Waals surface area (Å²) in [7, 11) is 0. The number of ketones is 1. The fourth-order valence-electron chi connectivity index (χ4n) is 1.72. The highest BCUT2D eigenvalue weighted by atomic mass is 19.1. The molecule has 2 rings (SSSR count). The van der Waals surface area contributed by atoms with E-state index in [0.717, 1.165) is 12.1 Å². The van der Waals surface area contributed by atoms with E-state index in [1.54, 1.807) is 0 Å². The number of rotatable bonds is 3. The lowest BCUT2D eigenvalue weighted by Crippen LogP contribution is -2.11. The lowest BCUT2D eigenvalue weighted by molar-refractivity contribution is 0.0979. The first-order valence-corrected chi connectivity index (χ1v) is 5.56. The standard InChI is InChI=1S/C15H9F2NO/c16-12-5-1-10(2-6-12)14(9-18)15(19)11-3-7-13(17)8-4-11/h1-8,14H. The average molecular weight is 257 g/mol. The van der Waals surface area contributed by atoms with Crippen LogP contribution in [0, 0.1) is 23.0 Å². The van der Waals surface area contributed by atoms with Crippen molar-refractivity contribution >= 4 is 5.78 Å². The number of carbonyl (C=O) groups is 1. The molecular weight excluding hydrogens is 248 g/mol. The van der Waals surface area contributed by atoms with Crippen molar-refractivity contribution in [1.29, 1.82) is 5.26 Å². The Bertz CT molecular complexity index is 627. The molecule has 4 heteroatoms. The first-order chi connectivity index (χ1) is 9.11. The predicted molar refractivity (Wildman–Crippen MR) is 65.5 cm³/mol. The number of nitriles is 1. The van der Waals surface area contributed by atoms with Gasteiger partial charge in [-0.25, -0.2) is 8.78 Å². The zero-order valence-corrected chi connectivity index (χ0v) is 9.81. The van der Waals surface area contributed by atoms with E-state index in [4.69, 9.17) is 5.26 Å². The zero-order valence-electron chi connectivity index (χ0n) is 9.81. The topological polar surface area (TPSA) is 40.9 Å². The summed E-state index contributed by atoms with van der Waals surface area (Å²) < 4.78 is 25.6. The molecule has 19 heavy (non-hydrogen) atoms. The summed E-state index contributed by atoms with van der Waals surface area (Å²) in [6, 6.07) is 12.0. The monoisotopic (exact) mass is 257 g/mol. The molecule has 94 valence electrons. The van der Waals surface area contributed by atoms with E-state index < -0.39 is 23.3 Å². The van der Waals surface area contributed by atoms with Gasteiger partial charge in [-0.1, -0.05) is 12.1 Å². The van der Waals surface area contributed by atoms with Crippen LogP contribution in [-0.2, 0) is 0 Å². The maximum absolute atomic E-state index is 12.8. The number of Topliss-reactive ketones (excluding diaryl/α,β-unsaturated/α-hetero) is 1. The molecule has 0 aromatic heterocycles. The summed E-state index contributed by atoms with van der Waals surface area (Å²) in [5.74, 6) is -2.35. The summed E-state index contributed by atoms with van der Waals surface area (Å²) in [4.78, 5) is 12.1. The molecule has 0 spiro atoms. The van der Waals surface area contributed by atoms with E-state index in [9.17, 15) is 13.6 Å². The number of nitrogens with zero attached hydrogens (tertiary/aromatic N) is 1. The smallest absolute Gasteiger partial charge is 0.184 e. The van der Waals surface area contributed by atoms with Crippen molar-refractivity contribution in [2.45, 2.75) is 5.92 Å². The van der Waals surface area contributed by atoms with E-state index >= 15 is 0 Å². The minimum Gasteiger partial charge on any atom is -0.292 e. The Kier molecular flexibility index (Phi) is 3.67. The van der Waals surface area contributed by atoms with Gasteiger partial charge in [0.15, 0.2) is 5.78 Å². The van der Waals surface area contributed by atoms with Crippen molar-refractivity contribution in [1.82, 2.24) is 0 Å². The van der Waals surface area contributed by atoms with Crippen LogP contribution in [0.25, 0.3) is 0 Å². The second-order valence-corrected chi connectivity index (χ2v) is 3.98. The third-order valence-electron chi connectivity index (χ3n) is 2.72. The van der Waals surface area contributed by atoms with Crippen LogP contribution in [-0.4, -0.2) is 5.78 Å². The average Bonchev–Trinajstić information content (AvgIpc) is 2.42. The van der Waals surface area contributed by atoms with Crippen molar-refractivity contribution in [2.75, 3.05) is 0 Å². The minimum absolute atomic E-state index is 0.247. The van der Waals surface area contributed by atoms with Crippen LogP contribution in [0.2, 0.25) is 0 Å². The SMILES string of the molecule is N#CC(C(=O)c1ccc(F)cc1)c1ccc(F)cc1. The van der Waals surface area contributed by atoms with Crippen molar-refractivity contribution in [3.8, 4) is 6.07 Å². The molecule has 0 aliphatic carbocycles. The van der Waals surface area contributed by atoms with Crippen LogP contribution in [0.3, 0.4) is 0 Å². The highest BCUT2D eigenvalue weighted by Gasteiger charge is 2.21. The molecule has 0 heterocycles. The number of hydrogen-bond acceptors (Lipinski definition) is 2. The lowest BCUT2D eigenvalue weighted by atomic mass is 9.92. The normalized spacial score (nSPS) is 11.6. The first-order valence-electron chi connectivity index (χ1n) is 5.56. The van der Waals surface area contributed by atoms with E-state index in [-0.39, 0.29) is 5.56 Å². The first kappa shape index (κ1) is 12.9. The van der Waals surface area contributed by atoms with Crippen LogP contribution < -0.4 is 0 Å². The Hall–Kier alpha value is -2.54. The van der Waals surface area contributed by atoms with Gasteiger partial charge in [-0.3, -0.25) is 4.79 Å². The largest absolute Gasteiger partial charge is 0.292 e. The maximum Gasteiger partial charge on any atom is 0.184 e. The van der Waals surface area contributed by atoms with Gasteiger partial charge in [-0.15, -0.1) is 0 Å². The van der Waals surface area contributed by atoms with Gasteiger partial charge in [0, 0.05) is 5.56 Å². The highest BCUT2D eigenvalue weighted by Crippen LogP contribution is 2.21. The molecule has 0 bridgehead atoms. The van der Waals surface area contributed by atoms with Crippen molar-refractivity contribution in [3.63, 3.8) is 0 Å². The lowest BCUT2D eigenvalue weighted by Gasteiger charge is -2.08. The van der Waals surface area contributed by atoms with Gasteiger partial charge in [0.2, 0.25) is 0 Å². The number of halogens is 2. The molecule has 0 N–H and O–H groups in total. The third-order valence-corrected chi connectivity index (χ3v) is 2.72. The van der Waals surface area contributed by atoms with Gasteiger partial charge in [-0.05, 0) is 42.0 Å². The molecule has 1 atom stereocenters. The Morgan fingerprint density at radius 1 is 0.947 bits per heavy atom. The van der Waals surface area contributed by atoms with E-state index in [2.05, 4.69) is 0 Å². The summed E-state index contributed by atoms with van der Waals surface area (Å²) >= 11 is 0. The quantitative estimate of drug-likeness (QED) is 0.790. The minimum atomic E-state index is -1.02. The molecule has 0 saturated heterocycles. The predicted octanol–water partition coefficient (Wildman–Crippen LogP) is 3.45. The highest BCUT2D eigenvalue weighted by molar-refractivity contribution is 6.02. The molecule has 0 aliphatic rings. The molecular formula is C15H9F2NO. The fraction of sp³-hybridized carbons (Fsp3) is 0.0667. The molecule has 0 amide bonds. The van der Waals surface area contributed by atoms with Crippen LogP contribution in [0.4, 0.5) is 8.78 Å². The van der Waals surface area contributed by atoms with Crippen LogP contribution >= 0.6 is 0 Å². The number of carbonyl (C=O) groups excluding carboxylic acids is 1. The van der Waals surface area contributed by atoms with Crippen molar-refractivity contribution in [3.05, 3.63) is 71.3 Å². The summed E-state index contributed by atoms with van der Waals surface area (Å²) in [6.07, 6.45) is 0. The van der Waals surface area contributed by atoms with Gasteiger partial charge in [0.1, 0.15) is 17.6 Å². The van der Waals surface area contributed by atoms with Crippen molar-refractivity contribution in [2.24, 2.45) is 0 Å². The second-order valence-electron chi connectivity index (χ2n) is 3.98. The Morgan fingerprint density at radius 3 is 1.89 bits per heavy atom. The Morgan fingerprint density at radius 2 is 1.42 bits per heavy atom. The van der Waals surface area contributed by atoms with Crippen molar-refractivity contribution < 1.29 is 13.6 Å². The molecule has 2 aromatic rings. The van der Waals surface area contributed by atoms with Crippen LogP contribution in [0.5, 0.6) is 0 Å². The van der Waals surface area contributed by atoms with Crippen LogP contribution in [0.1, 0.15) is 21.8 Å². The summed E-state index contributed by atoms with van der Waals surface area (Å²) in [5, 5.41) is 9.10. The zero-order chi connectivity index (χ0) is 13.8. The van der Waals surface area contributed by atoms with Gasteiger partial charge in [0.05, 0.1) is 6.07 Å². The van der Waals surface area contributed by atoms with Gasteiger partial charge >= 0.3 is 0 Å². The van der Waals surface area contributed by atoms with E-state index in [1.165, 1.54) is 36.4 Å². The second kappa shape index (κ2) is 5.40. The fourth-order valence-corrected chi connectivity index (χ4v) is 1.72. The summed E-state index contributed by atoms with van der Waals surface area (Å²) in [6.45, 7) is 0. The molecule has 0 fully saturated rings. The number of hydrogen-bond donors (Lipinski definition) is 0. The number of benzene rings is 2. The van der Waals surface area contributed by atoms with E-state index in [0.29, 0.717) is 5.56 Å². The third kappa shape index (κ3) is 2.83. The van der Waals surface area contributed by atoms with Crippen LogP contribution in [0.15, 0.2) is 48.5 Å². The van der Waals surface area contributed by atoms with Gasteiger partial charge < -0.3 is 0 Å². The van der Waals surface area contributed by atoms with Gasteiger partial charge in [-0.2, -0.15) is 5.26 Å². The Balaban J connectivity index is 2.32. The molecule has 0 saturated carbocycles. The molecule has 0 radical (unpaired) electrons. The molecule has 2 nitrogen and oxygen atoms in total. The molecule has 0 aliphatic heterocycles.